The summed E-state index contributed by atoms with van der Waals surface area (Å²) in [7, 11) is -3.84. The zero-order valence-corrected chi connectivity index (χ0v) is 16.5. The summed E-state index contributed by atoms with van der Waals surface area (Å²) in [6, 6.07) is 14.2. The fraction of sp³-hybridized carbons (Fsp3) is 0.316. The summed E-state index contributed by atoms with van der Waals surface area (Å²) in [4.78, 5) is 12.7. The summed E-state index contributed by atoms with van der Waals surface area (Å²) in [5.41, 5.74) is 0.948. The van der Waals surface area contributed by atoms with E-state index < -0.39 is 16.1 Å². The standard InChI is InChI=1S/C19H23ClN2O3S/c1-13(2)18(19(23)21-14(3)15-7-5-4-6-8-15)22-26(24,25)17-11-9-16(20)10-12-17/h4-14,18,22H,1-3H3,(H,21,23)/t14-,18+/m0/s1. The van der Waals surface area contributed by atoms with Crippen molar-refractivity contribution in [3.63, 3.8) is 0 Å². The summed E-state index contributed by atoms with van der Waals surface area (Å²) < 4.78 is 27.7. The fourth-order valence-corrected chi connectivity index (χ4v) is 3.94. The number of sulfonamides is 1. The molecule has 0 unspecified atom stereocenters. The van der Waals surface area contributed by atoms with Gasteiger partial charge >= 0.3 is 0 Å². The summed E-state index contributed by atoms with van der Waals surface area (Å²) >= 11 is 5.80. The van der Waals surface area contributed by atoms with E-state index in [1.165, 1.54) is 24.3 Å². The van der Waals surface area contributed by atoms with Crippen molar-refractivity contribution < 1.29 is 13.2 Å². The summed E-state index contributed by atoms with van der Waals surface area (Å²) in [6.45, 7) is 5.45. The van der Waals surface area contributed by atoms with E-state index in [4.69, 9.17) is 11.6 Å². The molecular weight excluding hydrogens is 372 g/mol. The highest BCUT2D eigenvalue weighted by Crippen LogP contribution is 2.17. The van der Waals surface area contributed by atoms with Gasteiger partial charge in [0.15, 0.2) is 0 Å². The van der Waals surface area contributed by atoms with Crippen LogP contribution in [0.3, 0.4) is 0 Å². The van der Waals surface area contributed by atoms with E-state index in [2.05, 4.69) is 10.0 Å². The van der Waals surface area contributed by atoms with Crippen molar-refractivity contribution in [3.8, 4) is 0 Å². The highest BCUT2D eigenvalue weighted by atomic mass is 35.5. The minimum absolute atomic E-state index is 0.0662. The normalized spacial score (nSPS) is 14.0. The van der Waals surface area contributed by atoms with E-state index in [1.807, 2.05) is 37.3 Å². The molecule has 0 heterocycles. The average molecular weight is 395 g/mol. The van der Waals surface area contributed by atoms with Crippen LogP contribution in [0.1, 0.15) is 32.4 Å². The minimum Gasteiger partial charge on any atom is -0.348 e. The molecule has 2 aromatic rings. The second-order valence-corrected chi connectivity index (χ2v) is 8.59. The number of halogens is 1. The van der Waals surface area contributed by atoms with Crippen LogP contribution in [0, 0.1) is 5.92 Å². The molecule has 0 saturated carbocycles. The number of carbonyl (C=O) groups excluding carboxylic acids is 1. The maximum Gasteiger partial charge on any atom is 0.241 e. The zero-order chi connectivity index (χ0) is 19.3. The Bertz CT molecular complexity index is 837. The lowest BCUT2D eigenvalue weighted by Crippen LogP contribution is -2.50. The maximum absolute atomic E-state index is 12.7. The molecule has 0 fully saturated rings. The van der Waals surface area contributed by atoms with E-state index in [-0.39, 0.29) is 22.8 Å². The topological polar surface area (TPSA) is 75.3 Å². The van der Waals surface area contributed by atoms with Crippen molar-refractivity contribution in [2.75, 3.05) is 0 Å². The predicted octanol–water partition coefficient (Wildman–Crippen LogP) is 3.52. The lowest BCUT2D eigenvalue weighted by Gasteiger charge is -2.24. The van der Waals surface area contributed by atoms with Crippen LogP contribution in [0.4, 0.5) is 0 Å². The van der Waals surface area contributed by atoms with Crippen molar-refractivity contribution in [1.29, 1.82) is 0 Å². The Kier molecular flexibility index (Phi) is 6.81. The van der Waals surface area contributed by atoms with E-state index in [0.717, 1.165) is 5.56 Å². The Morgan fingerprint density at radius 2 is 1.54 bits per heavy atom. The first-order valence-electron chi connectivity index (χ1n) is 8.34. The Hall–Kier alpha value is -1.89. The molecule has 1 amide bonds. The Morgan fingerprint density at radius 1 is 0.962 bits per heavy atom. The lowest BCUT2D eigenvalue weighted by atomic mass is 10.0. The maximum atomic E-state index is 12.7. The Balaban J connectivity index is 2.15. The number of nitrogens with one attached hydrogen (secondary N) is 2. The number of amides is 1. The van der Waals surface area contributed by atoms with Crippen LogP contribution in [0.5, 0.6) is 0 Å². The highest BCUT2D eigenvalue weighted by Gasteiger charge is 2.29. The van der Waals surface area contributed by atoms with Gasteiger partial charge in [0.25, 0.3) is 0 Å². The molecule has 2 N–H and O–H groups in total. The second kappa shape index (κ2) is 8.66. The first kappa shape index (κ1) is 20.4. The molecule has 0 aliphatic heterocycles. The molecule has 0 aromatic heterocycles. The van der Waals surface area contributed by atoms with Gasteiger partial charge in [-0.25, -0.2) is 8.42 Å². The van der Waals surface area contributed by atoms with Crippen molar-refractivity contribution >= 4 is 27.5 Å². The van der Waals surface area contributed by atoms with Crippen LogP contribution in [0.15, 0.2) is 59.5 Å². The van der Waals surface area contributed by atoms with Crippen LogP contribution in [0.2, 0.25) is 5.02 Å². The molecule has 2 atom stereocenters. The monoisotopic (exact) mass is 394 g/mol. The molecule has 0 aliphatic rings. The van der Waals surface area contributed by atoms with Gasteiger partial charge in [0.05, 0.1) is 10.9 Å². The number of rotatable bonds is 7. The van der Waals surface area contributed by atoms with Gasteiger partial charge in [0.1, 0.15) is 6.04 Å². The van der Waals surface area contributed by atoms with Gasteiger partial charge in [0, 0.05) is 5.02 Å². The van der Waals surface area contributed by atoms with Gasteiger partial charge in [-0.1, -0.05) is 55.8 Å². The lowest BCUT2D eigenvalue weighted by molar-refractivity contribution is -0.124. The molecule has 0 aliphatic carbocycles. The van der Waals surface area contributed by atoms with Gasteiger partial charge in [-0.05, 0) is 42.7 Å². The molecule has 2 rings (SSSR count). The van der Waals surface area contributed by atoms with Crippen LogP contribution in [-0.4, -0.2) is 20.4 Å². The van der Waals surface area contributed by atoms with Crippen molar-refractivity contribution in [2.24, 2.45) is 5.92 Å². The molecule has 5 nitrogen and oxygen atoms in total. The molecule has 7 heteroatoms. The summed E-state index contributed by atoms with van der Waals surface area (Å²) in [5, 5.41) is 3.32. The molecule has 26 heavy (non-hydrogen) atoms. The van der Waals surface area contributed by atoms with Gasteiger partial charge < -0.3 is 5.32 Å². The predicted molar refractivity (Wildman–Crippen MR) is 103 cm³/mol. The third-order valence-electron chi connectivity index (χ3n) is 4.01. The van der Waals surface area contributed by atoms with Crippen LogP contribution in [0.25, 0.3) is 0 Å². The average Bonchev–Trinajstić information content (AvgIpc) is 2.60. The third kappa shape index (κ3) is 5.30. The molecule has 0 spiro atoms. The molecule has 0 radical (unpaired) electrons. The quantitative estimate of drug-likeness (QED) is 0.754. The first-order chi connectivity index (χ1) is 12.2. The van der Waals surface area contributed by atoms with Gasteiger partial charge in [-0.15, -0.1) is 0 Å². The van der Waals surface area contributed by atoms with Crippen LogP contribution < -0.4 is 10.0 Å². The second-order valence-electron chi connectivity index (χ2n) is 6.44. The van der Waals surface area contributed by atoms with Gasteiger partial charge in [-0.2, -0.15) is 4.72 Å². The van der Waals surface area contributed by atoms with Crippen molar-refractivity contribution in [3.05, 3.63) is 65.2 Å². The molecule has 2 aromatic carbocycles. The largest absolute Gasteiger partial charge is 0.348 e. The molecule has 0 bridgehead atoms. The fourth-order valence-electron chi connectivity index (χ4n) is 2.47. The first-order valence-corrected chi connectivity index (χ1v) is 10.2. The smallest absolute Gasteiger partial charge is 0.241 e. The van der Waals surface area contributed by atoms with Crippen molar-refractivity contribution in [2.45, 2.75) is 37.8 Å². The molecule has 0 saturated heterocycles. The van der Waals surface area contributed by atoms with Crippen LogP contribution in [-0.2, 0) is 14.8 Å². The van der Waals surface area contributed by atoms with E-state index >= 15 is 0 Å². The third-order valence-corrected chi connectivity index (χ3v) is 5.72. The van der Waals surface area contributed by atoms with Crippen LogP contribution >= 0.6 is 11.6 Å². The van der Waals surface area contributed by atoms with Gasteiger partial charge in [0.2, 0.25) is 15.9 Å². The van der Waals surface area contributed by atoms with E-state index in [0.29, 0.717) is 5.02 Å². The number of hydrogen-bond donors (Lipinski definition) is 2. The molecule has 140 valence electrons. The zero-order valence-electron chi connectivity index (χ0n) is 14.9. The van der Waals surface area contributed by atoms with E-state index in [9.17, 15) is 13.2 Å². The molecular formula is C19H23ClN2O3S. The number of benzene rings is 2. The summed E-state index contributed by atoms with van der Waals surface area (Å²) in [6.07, 6.45) is 0. The van der Waals surface area contributed by atoms with E-state index in [1.54, 1.807) is 13.8 Å². The Labute approximate surface area is 159 Å². The Morgan fingerprint density at radius 3 is 2.08 bits per heavy atom. The minimum atomic E-state index is -3.84. The van der Waals surface area contributed by atoms with Crippen molar-refractivity contribution in [1.82, 2.24) is 10.0 Å². The highest BCUT2D eigenvalue weighted by molar-refractivity contribution is 7.89. The number of hydrogen-bond acceptors (Lipinski definition) is 3. The number of carbonyl (C=O) groups is 1. The SMILES string of the molecule is CC(C)[C@@H](NS(=O)(=O)c1ccc(Cl)cc1)C(=O)N[C@@H](C)c1ccccc1. The van der Waals surface area contributed by atoms with Gasteiger partial charge in [-0.3, -0.25) is 4.79 Å². The summed E-state index contributed by atoms with van der Waals surface area (Å²) in [5.74, 6) is -0.589.